The second-order valence-corrected chi connectivity index (χ2v) is 4.93. The van der Waals surface area contributed by atoms with Crippen molar-refractivity contribution >= 4 is 6.03 Å². The van der Waals surface area contributed by atoms with Gasteiger partial charge in [-0.05, 0) is 31.9 Å². The summed E-state index contributed by atoms with van der Waals surface area (Å²) in [5.74, 6) is 0.628. The maximum atomic E-state index is 12.1. The summed E-state index contributed by atoms with van der Waals surface area (Å²) in [6.07, 6.45) is -2.02. The molecule has 0 radical (unpaired) electrons. The molecule has 0 aliphatic heterocycles. The van der Waals surface area contributed by atoms with Crippen LogP contribution in [0.1, 0.15) is 38.0 Å². The molecule has 2 rings (SSSR count). The molecule has 0 spiro atoms. The van der Waals surface area contributed by atoms with Gasteiger partial charge in [0.2, 0.25) is 0 Å². The summed E-state index contributed by atoms with van der Waals surface area (Å²) in [5, 5.41) is 2.33. The predicted molar refractivity (Wildman–Crippen MR) is 66.1 cm³/mol. The van der Waals surface area contributed by atoms with E-state index < -0.39 is 25.2 Å². The summed E-state index contributed by atoms with van der Waals surface area (Å²) in [5.41, 5.74) is 0. The van der Waals surface area contributed by atoms with Crippen molar-refractivity contribution in [1.82, 2.24) is 10.2 Å². The maximum absolute atomic E-state index is 12.1. The Morgan fingerprint density at radius 3 is 2.75 bits per heavy atom. The van der Waals surface area contributed by atoms with Gasteiger partial charge in [0.15, 0.2) is 0 Å². The zero-order chi connectivity index (χ0) is 14.8. The standard InChI is InChI=1S/C13H17F3N2O2/c1-9(11-3-2-8-20-11)18(10-4-5-10)12(19)17-7-6-13(14,15)16/h2-3,8-10H,4-7H2,1H3,(H,17,19)/t9-/m1/s1. The van der Waals surface area contributed by atoms with Gasteiger partial charge in [0, 0.05) is 12.6 Å². The molecule has 4 nitrogen and oxygen atoms in total. The molecule has 7 heteroatoms. The van der Waals surface area contributed by atoms with Crippen LogP contribution in [-0.4, -0.2) is 29.7 Å². The van der Waals surface area contributed by atoms with Crippen LogP contribution in [0.25, 0.3) is 0 Å². The molecule has 1 saturated carbocycles. The number of nitrogens with one attached hydrogen (secondary N) is 1. The van der Waals surface area contributed by atoms with E-state index in [0.717, 1.165) is 12.8 Å². The summed E-state index contributed by atoms with van der Waals surface area (Å²) in [7, 11) is 0. The molecular weight excluding hydrogens is 273 g/mol. The molecule has 1 atom stereocenters. The number of hydrogen-bond acceptors (Lipinski definition) is 2. The smallest absolute Gasteiger partial charge is 0.390 e. The predicted octanol–water partition coefficient (Wildman–Crippen LogP) is 3.47. The van der Waals surface area contributed by atoms with Crippen molar-refractivity contribution in [3.05, 3.63) is 24.2 Å². The van der Waals surface area contributed by atoms with Crippen LogP contribution in [0.15, 0.2) is 22.8 Å². The first-order valence-electron chi connectivity index (χ1n) is 6.55. The fraction of sp³-hybridized carbons (Fsp3) is 0.615. The van der Waals surface area contributed by atoms with Crippen molar-refractivity contribution in [2.24, 2.45) is 0 Å². The highest BCUT2D eigenvalue weighted by Crippen LogP contribution is 2.34. The minimum Gasteiger partial charge on any atom is -0.467 e. The van der Waals surface area contributed by atoms with Gasteiger partial charge in [-0.3, -0.25) is 0 Å². The number of rotatable bonds is 5. The Bertz CT molecular complexity index is 441. The van der Waals surface area contributed by atoms with Gasteiger partial charge in [-0.1, -0.05) is 0 Å². The minimum atomic E-state index is -4.26. The van der Waals surface area contributed by atoms with Gasteiger partial charge in [0.05, 0.1) is 18.7 Å². The first-order chi connectivity index (χ1) is 9.38. The molecule has 0 saturated heterocycles. The second-order valence-electron chi connectivity index (χ2n) is 4.93. The summed E-state index contributed by atoms with van der Waals surface area (Å²) in [6, 6.07) is 2.80. The Kier molecular flexibility index (Phi) is 4.25. The van der Waals surface area contributed by atoms with E-state index in [-0.39, 0.29) is 12.1 Å². The molecule has 0 bridgehead atoms. The van der Waals surface area contributed by atoms with Crippen LogP contribution in [0.4, 0.5) is 18.0 Å². The molecule has 1 aromatic rings. The van der Waals surface area contributed by atoms with Gasteiger partial charge in [-0.25, -0.2) is 4.79 Å². The van der Waals surface area contributed by atoms with Crippen LogP contribution in [0.2, 0.25) is 0 Å². The van der Waals surface area contributed by atoms with E-state index in [0.29, 0.717) is 5.76 Å². The summed E-state index contributed by atoms with van der Waals surface area (Å²) < 4.78 is 41.5. The highest BCUT2D eigenvalue weighted by molar-refractivity contribution is 5.75. The number of carbonyl (C=O) groups excluding carboxylic acids is 1. The third-order valence-electron chi connectivity index (χ3n) is 3.23. The molecular formula is C13H17F3N2O2. The average molecular weight is 290 g/mol. The lowest BCUT2D eigenvalue weighted by Crippen LogP contribution is -2.43. The number of nitrogens with zero attached hydrogens (tertiary/aromatic N) is 1. The lowest BCUT2D eigenvalue weighted by atomic mass is 10.2. The minimum absolute atomic E-state index is 0.0842. The SMILES string of the molecule is C[C@H](c1ccco1)N(C(=O)NCCC(F)(F)F)C1CC1. The number of amides is 2. The number of urea groups is 1. The normalized spacial score (nSPS) is 16.8. The van der Waals surface area contributed by atoms with E-state index in [1.807, 2.05) is 0 Å². The van der Waals surface area contributed by atoms with Crippen LogP contribution in [0.5, 0.6) is 0 Å². The molecule has 1 aliphatic carbocycles. The van der Waals surface area contributed by atoms with E-state index in [4.69, 9.17) is 4.42 Å². The van der Waals surface area contributed by atoms with Crippen LogP contribution < -0.4 is 5.32 Å². The van der Waals surface area contributed by atoms with Crippen molar-refractivity contribution in [3.8, 4) is 0 Å². The highest BCUT2D eigenvalue weighted by Gasteiger charge is 2.37. The lowest BCUT2D eigenvalue weighted by Gasteiger charge is -2.28. The second kappa shape index (κ2) is 5.76. The molecule has 0 aromatic carbocycles. The van der Waals surface area contributed by atoms with Crippen LogP contribution >= 0.6 is 0 Å². The van der Waals surface area contributed by atoms with Crippen LogP contribution in [0.3, 0.4) is 0 Å². The Labute approximate surface area is 114 Å². The molecule has 1 heterocycles. The largest absolute Gasteiger partial charge is 0.467 e. The number of carbonyl (C=O) groups is 1. The molecule has 112 valence electrons. The molecule has 1 N–H and O–H groups in total. The molecule has 1 fully saturated rings. The summed E-state index contributed by atoms with van der Waals surface area (Å²) in [4.78, 5) is 13.6. The van der Waals surface area contributed by atoms with Gasteiger partial charge in [0.25, 0.3) is 0 Å². The topological polar surface area (TPSA) is 45.5 Å². The Hall–Kier alpha value is -1.66. The fourth-order valence-corrected chi connectivity index (χ4v) is 2.08. The molecule has 0 unspecified atom stereocenters. The van der Waals surface area contributed by atoms with Crippen molar-refractivity contribution in [3.63, 3.8) is 0 Å². The first-order valence-corrected chi connectivity index (χ1v) is 6.55. The van der Waals surface area contributed by atoms with Crippen molar-refractivity contribution in [1.29, 1.82) is 0 Å². The zero-order valence-electron chi connectivity index (χ0n) is 11.1. The Morgan fingerprint density at radius 1 is 1.55 bits per heavy atom. The quantitative estimate of drug-likeness (QED) is 0.902. The van der Waals surface area contributed by atoms with E-state index in [2.05, 4.69) is 5.32 Å². The van der Waals surface area contributed by atoms with Crippen molar-refractivity contribution < 1.29 is 22.4 Å². The third kappa shape index (κ3) is 3.91. The van der Waals surface area contributed by atoms with E-state index in [1.54, 1.807) is 24.0 Å². The fourth-order valence-electron chi connectivity index (χ4n) is 2.08. The van der Waals surface area contributed by atoms with Gasteiger partial charge in [-0.2, -0.15) is 13.2 Å². The molecule has 1 aromatic heterocycles. The third-order valence-corrected chi connectivity index (χ3v) is 3.23. The molecule has 20 heavy (non-hydrogen) atoms. The van der Waals surface area contributed by atoms with Gasteiger partial charge < -0.3 is 14.6 Å². The van der Waals surface area contributed by atoms with Crippen molar-refractivity contribution in [2.45, 2.75) is 44.4 Å². The van der Waals surface area contributed by atoms with Crippen LogP contribution in [-0.2, 0) is 0 Å². The van der Waals surface area contributed by atoms with Crippen LogP contribution in [0, 0.1) is 0 Å². The average Bonchev–Trinajstić information content (AvgIpc) is 3.01. The number of alkyl halides is 3. The van der Waals surface area contributed by atoms with E-state index >= 15 is 0 Å². The van der Waals surface area contributed by atoms with Gasteiger partial charge >= 0.3 is 12.2 Å². The molecule has 1 aliphatic rings. The van der Waals surface area contributed by atoms with Gasteiger partial charge in [0.1, 0.15) is 5.76 Å². The Morgan fingerprint density at radius 2 is 2.25 bits per heavy atom. The number of furan rings is 1. The number of halogens is 3. The Balaban J connectivity index is 1.93. The van der Waals surface area contributed by atoms with E-state index in [1.165, 1.54) is 6.26 Å². The van der Waals surface area contributed by atoms with Gasteiger partial charge in [-0.15, -0.1) is 0 Å². The number of hydrogen-bond donors (Lipinski definition) is 1. The highest BCUT2D eigenvalue weighted by atomic mass is 19.4. The molecule has 2 amide bonds. The summed E-state index contributed by atoms with van der Waals surface area (Å²) >= 11 is 0. The maximum Gasteiger partial charge on any atom is 0.390 e. The van der Waals surface area contributed by atoms with Crippen molar-refractivity contribution in [2.75, 3.05) is 6.54 Å². The monoisotopic (exact) mass is 290 g/mol. The zero-order valence-corrected chi connectivity index (χ0v) is 11.1. The van der Waals surface area contributed by atoms with E-state index in [9.17, 15) is 18.0 Å². The first kappa shape index (κ1) is 14.7. The summed E-state index contributed by atoms with van der Waals surface area (Å²) in [6.45, 7) is 1.40. The lowest BCUT2D eigenvalue weighted by molar-refractivity contribution is -0.133.